The number of aryl methyl sites for hydroxylation is 1. The highest BCUT2D eigenvalue weighted by Crippen LogP contribution is 2.23. The maximum atomic E-state index is 12.1. The van der Waals surface area contributed by atoms with Crippen molar-refractivity contribution in [3.8, 4) is 0 Å². The van der Waals surface area contributed by atoms with E-state index in [0.717, 1.165) is 12.0 Å². The van der Waals surface area contributed by atoms with Crippen molar-refractivity contribution in [3.05, 3.63) is 52.4 Å². The van der Waals surface area contributed by atoms with Crippen molar-refractivity contribution in [1.82, 2.24) is 0 Å². The summed E-state index contributed by atoms with van der Waals surface area (Å²) >= 11 is 1.17. The van der Waals surface area contributed by atoms with Gasteiger partial charge in [0.15, 0.2) is 6.10 Å². The lowest BCUT2D eigenvalue weighted by Gasteiger charge is -2.13. The van der Waals surface area contributed by atoms with Crippen LogP contribution in [0.3, 0.4) is 0 Å². The number of esters is 1. The molecule has 0 bridgehead atoms. The highest BCUT2D eigenvalue weighted by Gasteiger charge is 2.21. The third kappa shape index (κ3) is 4.20. The summed E-state index contributed by atoms with van der Waals surface area (Å²) in [6.45, 7) is 3.48. The maximum absolute atomic E-state index is 12.1. The first-order chi connectivity index (χ1) is 11.4. The number of anilines is 1. The minimum atomic E-state index is -1.01. The highest BCUT2D eigenvalue weighted by molar-refractivity contribution is 7.14. The molecule has 0 spiro atoms. The van der Waals surface area contributed by atoms with E-state index in [0.29, 0.717) is 10.6 Å². The first-order valence-electron chi connectivity index (χ1n) is 7.40. The van der Waals surface area contributed by atoms with Crippen molar-refractivity contribution in [3.63, 3.8) is 0 Å². The van der Waals surface area contributed by atoms with Gasteiger partial charge < -0.3 is 15.8 Å². The van der Waals surface area contributed by atoms with Gasteiger partial charge in [0, 0.05) is 0 Å². The average molecular weight is 346 g/mol. The normalized spacial score (nSPS) is 11.6. The van der Waals surface area contributed by atoms with Crippen LogP contribution in [0.15, 0.2) is 35.7 Å². The molecule has 0 saturated carbocycles. The number of benzene rings is 1. The van der Waals surface area contributed by atoms with Gasteiger partial charge in [0.1, 0.15) is 5.00 Å². The van der Waals surface area contributed by atoms with Gasteiger partial charge in [0.05, 0.1) is 11.1 Å². The summed E-state index contributed by atoms with van der Waals surface area (Å²) in [4.78, 5) is 35.4. The van der Waals surface area contributed by atoms with Crippen molar-refractivity contribution in [2.24, 2.45) is 5.73 Å². The lowest BCUT2D eigenvalue weighted by Crippen LogP contribution is -2.30. The van der Waals surface area contributed by atoms with Crippen LogP contribution < -0.4 is 11.1 Å². The SMILES string of the molecule is CCc1ccc(C(=O)O[C@H](C)C(=O)Nc2sccc2C(N)=O)cc1. The summed E-state index contributed by atoms with van der Waals surface area (Å²) in [6.07, 6.45) is -0.136. The zero-order valence-electron chi connectivity index (χ0n) is 13.4. The molecular formula is C17H18N2O4S. The number of ether oxygens (including phenoxy) is 1. The summed E-state index contributed by atoms with van der Waals surface area (Å²) in [5.41, 5.74) is 6.93. The summed E-state index contributed by atoms with van der Waals surface area (Å²) in [7, 11) is 0. The Morgan fingerprint density at radius 3 is 2.46 bits per heavy atom. The van der Waals surface area contributed by atoms with Crippen LogP contribution >= 0.6 is 11.3 Å². The molecule has 24 heavy (non-hydrogen) atoms. The standard InChI is InChI=1S/C17H18N2O4S/c1-3-11-4-6-12(7-5-11)17(22)23-10(2)15(21)19-16-13(14(18)20)8-9-24-16/h4-10H,3H2,1-2H3,(H2,18,20)(H,19,21)/t10-/m1/s1. The number of hydrogen-bond acceptors (Lipinski definition) is 5. The molecule has 126 valence electrons. The summed E-state index contributed by atoms with van der Waals surface area (Å²) in [6, 6.07) is 8.53. The van der Waals surface area contributed by atoms with Gasteiger partial charge in [-0.25, -0.2) is 4.79 Å². The van der Waals surface area contributed by atoms with E-state index in [2.05, 4.69) is 5.32 Å². The Morgan fingerprint density at radius 1 is 1.21 bits per heavy atom. The van der Waals surface area contributed by atoms with Crippen molar-refractivity contribution >= 4 is 34.1 Å². The topological polar surface area (TPSA) is 98.5 Å². The first kappa shape index (κ1) is 17.7. The largest absolute Gasteiger partial charge is 0.449 e. The Kier molecular flexibility index (Phi) is 5.70. The van der Waals surface area contributed by atoms with E-state index in [1.54, 1.807) is 17.5 Å². The Hall–Kier alpha value is -2.67. The lowest BCUT2D eigenvalue weighted by molar-refractivity contribution is -0.123. The number of carbonyl (C=O) groups excluding carboxylic acids is 3. The second-order valence-corrected chi connectivity index (χ2v) is 6.03. The van der Waals surface area contributed by atoms with Gasteiger partial charge in [0.25, 0.3) is 11.8 Å². The third-order valence-electron chi connectivity index (χ3n) is 3.42. The third-order valence-corrected chi connectivity index (χ3v) is 4.25. The first-order valence-corrected chi connectivity index (χ1v) is 8.28. The van der Waals surface area contributed by atoms with Gasteiger partial charge in [-0.05, 0) is 42.5 Å². The van der Waals surface area contributed by atoms with Gasteiger partial charge in [0.2, 0.25) is 0 Å². The zero-order chi connectivity index (χ0) is 17.7. The van der Waals surface area contributed by atoms with Gasteiger partial charge >= 0.3 is 5.97 Å². The Morgan fingerprint density at radius 2 is 1.88 bits per heavy atom. The molecule has 0 aliphatic rings. The van der Waals surface area contributed by atoms with E-state index in [-0.39, 0.29) is 5.56 Å². The molecule has 3 N–H and O–H groups in total. The van der Waals surface area contributed by atoms with Crippen molar-refractivity contribution in [1.29, 1.82) is 0 Å². The number of nitrogens with two attached hydrogens (primary N) is 1. The predicted molar refractivity (Wildman–Crippen MR) is 92.2 cm³/mol. The molecule has 0 saturated heterocycles. The lowest BCUT2D eigenvalue weighted by atomic mass is 10.1. The molecule has 0 aliphatic heterocycles. The highest BCUT2D eigenvalue weighted by atomic mass is 32.1. The van der Waals surface area contributed by atoms with Crippen molar-refractivity contribution in [2.45, 2.75) is 26.4 Å². The monoisotopic (exact) mass is 346 g/mol. The molecule has 0 radical (unpaired) electrons. The molecule has 1 aromatic carbocycles. The van der Waals surface area contributed by atoms with E-state index in [4.69, 9.17) is 10.5 Å². The van der Waals surface area contributed by atoms with Crippen molar-refractivity contribution in [2.75, 3.05) is 5.32 Å². The van der Waals surface area contributed by atoms with Gasteiger partial charge in [-0.1, -0.05) is 19.1 Å². The smallest absolute Gasteiger partial charge is 0.338 e. The molecule has 1 heterocycles. The maximum Gasteiger partial charge on any atom is 0.338 e. The van der Waals surface area contributed by atoms with Crippen LogP contribution in [0.4, 0.5) is 5.00 Å². The zero-order valence-corrected chi connectivity index (χ0v) is 14.2. The van der Waals surface area contributed by atoms with Gasteiger partial charge in [-0.3, -0.25) is 9.59 Å². The fraction of sp³-hybridized carbons (Fsp3) is 0.235. The Labute approximate surface area is 143 Å². The second-order valence-electron chi connectivity index (χ2n) is 5.11. The number of rotatable bonds is 6. The van der Waals surface area contributed by atoms with Crippen LogP contribution in [0.2, 0.25) is 0 Å². The summed E-state index contributed by atoms with van der Waals surface area (Å²) in [5.74, 6) is -1.74. The molecule has 0 aliphatic carbocycles. The summed E-state index contributed by atoms with van der Waals surface area (Å²) in [5, 5.41) is 4.52. The van der Waals surface area contributed by atoms with E-state index in [1.807, 2.05) is 19.1 Å². The van der Waals surface area contributed by atoms with E-state index in [9.17, 15) is 14.4 Å². The number of nitrogens with one attached hydrogen (secondary N) is 1. The minimum Gasteiger partial charge on any atom is -0.449 e. The van der Waals surface area contributed by atoms with Crippen molar-refractivity contribution < 1.29 is 19.1 Å². The number of primary amides is 1. The molecule has 1 atom stereocenters. The number of hydrogen-bond donors (Lipinski definition) is 2. The molecule has 1 aromatic heterocycles. The number of amides is 2. The molecule has 2 amide bonds. The number of carbonyl (C=O) groups is 3. The molecule has 2 rings (SSSR count). The summed E-state index contributed by atoms with van der Waals surface area (Å²) < 4.78 is 5.16. The van der Waals surface area contributed by atoms with Crippen LogP contribution in [-0.4, -0.2) is 23.9 Å². The predicted octanol–water partition coefficient (Wildman–Crippen LogP) is 2.59. The van der Waals surface area contributed by atoms with Crippen LogP contribution in [0.5, 0.6) is 0 Å². The molecule has 0 fully saturated rings. The van der Waals surface area contributed by atoms with Crippen LogP contribution in [0.1, 0.15) is 40.1 Å². The molecule has 2 aromatic rings. The molecule has 0 unspecified atom stereocenters. The van der Waals surface area contributed by atoms with Gasteiger partial charge in [-0.2, -0.15) is 0 Å². The molecular weight excluding hydrogens is 328 g/mol. The van der Waals surface area contributed by atoms with E-state index < -0.39 is 23.9 Å². The van der Waals surface area contributed by atoms with Crippen LogP contribution in [-0.2, 0) is 16.0 Å². The fourth-order valence-corrected chi connectivity index (χ4v) is 2.77. The Balaban J connectivity index is 1.98. The Bertz CT molecular complexity index is 752. The second kappa shape index (κ2) is 7.74. The fourth-order valence-electron chi connectivity index (χ4n) is 1.97. The quantitative estimate of drug-likeness (QED) is 0.785. The molecule has 6 nitrogen and oxygen atoms in total. The van der Waals surface area contributed by atoms with E-state index >= 15 is 0 Å². The van der Waals surface area contributed by atoms with Crippen LogP contribution in [0, 0.1) is 0 Å². The number of thiophene rings is 1. The average Bonchev–Trinajstić information content (AvgIpc) is 3.03. The van der Waals surface area contributed by atoms with Crippen LogP contribution in [0.25, 0.3) is 0 Å². The minimum absolute atomic E-state index is 0.224. The van der Waals surface area contributed by atoms with Gasteiger partial charge in [-0.15, -0.1) is 11.3 Å². The van der Waals surface area contributed by atoms with E-state index in [1.165, 1.54) is 24.3 Å². The molecule has 7 heteroatoms.